The summed E-state index contributed by atoms with van der Waals surface area (Å²) in [6.07, 6.45) is 3.19. The molecule has 0 atom stereocenters. The van der Waals surface area contributed by atoms with Gasteiger partial charge in [0.15, 0.2) is 12.0 Å². The van der Waals surface area contributed by atoms with Crippen LogP contribution >= 0.6 is 0 Å². The average molecular weight is 142 g/mol. The van der Waals surface area contributed by atoms with Crippen molar-refractivity contribution in [1.29, 1.82) is 0 Å². The maximum absolute atomic E-state index is 13.0. The molecule has 0 amide bonds. The molecule has 0 unspecified atom stereocenters. The summed E-state index contributed by atoms with van der Waals surface area (Å²) in [5.74, 6) is 0. The summed E-state index contributed by atoms with van der Waals surface area (Å²) >= 11 is 0. The summed E-state index contributed by atoms with van der Waals surface area (Å²) in [6.45, 7) is 6.69. The molecule has 0 fully saturated rings. The second-order valence-electron chi connectivity index (χ2n) is 2.14. The molecule has 0 heterocycles. The lowest BCUT2D eigenvalue weighted by Crippen LogP contribution is -2.22. The number of rotatable bonds is 5. The number of hydrogen-bond donors (Lipinski definition) is 0. The van der Waals surface area contributed by atoms with Crippen molar-refractivity contribution in [2.45, 2.75) is 18.5 Å². The lowest BCUT2D eigenvalue weighted by atomic mass is 10.00. The largest absolute Gasteiger partial charge is 0.300 e. The molecule has 0 aliphatic carbocycles. The quantitative estimate of drug-likeness (QED) is 0.424. The van der Waals surface area contributed by atoms with Crippen LogP contribution in [0.25, 0.3) is 0 Å². The van der Waals surface area contributed by atoms with E-state index < -0.39 is 5.67 Å². The van der Waals surface area contributed by atoms with Crippen LogP contribution < -0.4 is 0 Å². The molecule has 1 nitrogen and oxygen atoms in total. The molecule has 0 saturated carbocycles. The van der Waals surface area contributed by atoms with E-state index in [0.29, 0.717) is 6.29 Å². The maximum Gasteiger partial charge on any atom is 0.172 e. The van der Waals surface area contributed by atoms with E-state index in [1.54, 1.807) is 0 Å². The first-order chi connectivity index (χ1) is 4.68. The van der Waals surface area contributed by atoms with Crippen LogP contribution in [0.5, 0.6) is 0 Å². The van der Waals surface area contributed by atoms with Gasteiger partial charge in [-0.1, -0.05) is 12.2 Å². The summed E-state index contributed by atoms with van der Waals surface area (Å²) in [5, 5.41) is 0. The minimum absolute atomic E-state index is 0.0581. The van der Waals surface area contributed by atoms with Crippen LogP contribution in [0.2, 0.25) is 0 Å². The predicted molar refractivity (Wildman–Crippen MR) is 39.5 cm³/mol. The normalized spacial score (nSPS) is 10.5. The van der Waals surface area contributed by atoms with E-state index in [-0.39, 0.29) is 12.8 Å². The van der Waals surface area contributed by atoms with E-state index >= 15 is 0 Å². The molecular weight excluding hydrogens is 131 g/mol. The van der Waals surface area contributed by atoms with E-state index in [1.807, 2.05) is 0 Å². The third-order valence-corrected chi connectivity index (χ3v) is 1.18. The van der Waals surface area contributed by atoms with Crippen molar-refractivity contribution in [1.82, 2.24) is 0 Å². The van der Waals surface area contributed by atoms with Crippen molar-refractivity contribution < 1.29 is 9.18 Å². The van der Waals surface area contributed by atoms with Gasteiger partial charge in [-0.2, -0.15) is 0 Å². The third-order valence-electron chi connectivity index (χ3n) is 1.18. The molecule has 0 saturated heterocycles. The highest BCUT2D eigenvalue weighted by atomic mass is 19.1. The van der Waals surface area contributed by atoms with Crippen molar-refractivity contribution >= 4 is 6.29 Å². The monoisotopic (exact) mass is 142 g/mol. The molecule has 0 aromatic carbocycles. The highest BCUT2D eigenvalue weighted by molar-refractivity contribution is 5.62. The molecular formula is C8H11FO. The van der Waals surface area contributed by atoms with Gasteiger partial charge < -0.3 is 0 Å². The minimum atomic E-state index is -1.77. The molecule has 0 bridgehead atoms. The van der Waals surface area contributed by atoms with Gasteiger partial charge in [-0.3, -0.25) is 4.79 Å². The molecule has 10 heavy (non-hydrogen) atoms. The van der Waals surface area contributed by atoms with Gasteiger partial charge in [-0.15, -0.1) is 13.2 Å². The van der Waals surface area contributed by atoms with Crippen LogP contribution in [0, 0.1) is 0 Å². The fourth-order valence-corrected chi connectivity index (χ4v) is 0.659. The van der Waals surface area contributed by atoms with Crippen LogP contribution in [-0.4, -0.2) is 12.0 Å². The molecule has 56 valence electrons. The first kappa shape index (κ1) is 9.08. The number of halogens is 1. The lowest BCUT2D eigenvalue weighted by molar-refractivity contribution is -0.117. The summed E-state index contributed by atoms with van der Waals surface area (Å²) < 4.78 is 13.0. The Kier molecular flexibility index (Phi) is 3.62. The Morgan fingerprint density at radius 2 is 1.70 bits per heavy atom. The van der Waals surface area contributed by atoms with Gasteiger partial charge >= 0.3 is 0 Å². The van der Waals surface area contributed by atoms with E-state index in [4.69, 9.17) is 0 Å². The second-order valence-corrected chi connectivity index (χ2v) is 2.14. The Morgan fingerprint density at radius 1 is 1.30 bits per heavy atom. The summed E-state index contributed by atoms with van der Waals surface area (Å²) in [7, 11) is 0. The van der Waals surface area contributed by atoms with Crippen LogP contribution in [0.1, 0.15) is 12.8 Å². The van der Waals surface area contributed by atoms with Crippen LogP contribution in [0.4, 0.5) is 4.39 Å². The fraction of sp³-hybridized carbons (Fsp3) is 0.375. The molecule has 0 aromatic heterocycles. The topological polar surface area (TPSA) is 17.1 Å². The zero-order valence-corrected chi connectivity index (χ0v) is 5.85. The Hall–Kier alpha value is -0.920. The second kappa shape index (κ2) is 3.99. The number of carbonyl (C=O) groups is 1. The number of aldehydes is 1. The third kappa shape index (κ3) is 2.58. The van der Waals surface area contributed by atoms with Gasteiger partial charge in [0, 0.05) is 12.8 Å². The zero-order chi connectivity index (χ0) is 8.04. The molecule has 0 aliphatic heterocycles. The smallest absolute Gasteiger partial charge is 0.172 e. The number of alkyl halides is 1. The summed E-state index contributed by atoms with van der Waals surface area (Å²) in [4.78, 5) is 10.1. The molecule has 0 rings (SSSR count). The summed E-state index contributed by atoms with van der Waals surface area (Å²) in [5.41, 5.74) is -1.77. The van der Waals surface area contributed by atoms with Crippen molar-refractivity contribution in [3.63, 3.8) is 0 Å². The highest BCUT2D eigenvalue weighted by Crippen LogP contribution is 2.18. The van der Waals surface area contributed by atoms with Crippen molar-refractivity contribution in [3.8, 4) is 0 Å². The van der Waals surface area contributed by atoms with Crippen molar-refractivity contribution in [2.75, 3.05) is 0 Å². The van der Waals surface area contributed by atoms with Gasteiger partial charge in [0.1, 0.15) is 0 Å². The Bertz CT molecular complexity index is 130. The van der Waals surface area contributed by atoms with Crippen LogP contribution in [0.3, 0.4) is 0 Å². The van der Waals surface area contributed by atoms with Gasteiger partial charge in [-0.05, 0) is 0 Å². The van der Waals surface area contributed by atoms with E-state index in [9.17, 15) is 9.18 Å². The Labute approximate surface area is 60.2 Å². The fourth-order valence-electron chi connectivity index (χ4n) is 0.659. The van der Waals surface area contributed by atoms with Crippen LogP contribution in [0.15, 0.2) is 25.3 Å². The molecule has 0 N–H and O–H groups in total. The zero-order valence-electron chi connectivity index (χ0n) is 5.85. The average Bonchev–Trinajstić information content (AvgIpc) is 1.89. The standard InChI is InChI=1S/C8H11FO/c1-3-5-8(9,7-10)6-4-2/h3-4,7H,1-2,5-6H2. The van der Waals surface area contributed by atoms with E-state index in [2.05, 4.69) is 13.2 Å². The van der Waals surface area contributed by atoms with Gasteiger partial charge in [0.05, 0.1) is 0 Å². The van der Waals surface area contributed by atoms with Gasteiger partial charge in [0.25, 0.3) is 0 Å². The Morgan fingerprint density at radius 3 is 1.90 bits per heavy atom. The molecule has 0 radical (unpaired) electrons. The van der Waals surface area contributed by atoms with Crippen molar-refractivity contribution in [2.24, 2.45) is 0 Å². The van der Waals surface area contributed by atoms with E-state index in [0.717, 1.165) is 0 Å². The first-order valence-corrected chi connectivity index (χ1v) is 3.05. The van der Waals surface area contributed by atoms with Gasteiger partial charge in [0.2, 0.25) is 0 Å². The number of hydrogen-bond acceptors (Lipinski definition) is 1. The van der Waals surface area contributed by atoms with Crippen LogP contribution in [-0.2, 0) is 4.79 Å². The molecule has 0 spiro atoms. The summed E-state index contributed by atoms with van der Waals surface area (Å²) in [6, 6.07) is 0. The minimum Gasteiger partial charge on any atom is -0.300 e. The Balaban J connectivity index is 4.05. The van der Waals surface area contributed by atoms with Gasteiger partial charge in [-0.25, -0.2) is 4.39 Å². The molecule has 2 heteroatoms. The SMILES string of the molecule is C=CCC(F)(C=O)CC=C. The molecule has 0 aromatic rings. The number of allylic oxidation sites excluding steroid dienone is 2. The molecule has 0 aliphatic rings. The highest BCUT2D eigenvalue weighted by Gasteiger charge is 2.24. The lowest BCUT2D eigenvalue weighted by Gasteiger charge is -2.12. The predicted octanol–water partition coefficient (Wildman–Crippen LogP) is 2.05. The van der Waals surface area contributed by atoms with E-state index in [1.165, 1.54) is 12.2 Å². The van der Waals surface area contributed by atoms with Crippen molar-refractivity contribution in [3.05, 3.63) is 25.3 Å². The maximum atomic E-state index is 13.0. The number of carbonyl (C=O) groups excluding carboxylic acids is 1. The first-order valence-electron chi connectivity index (χ1n) is 3.05.